The summed E-state index contributed by atoms with van der Waals surface area (Å²) in [4.78, 5) is 1.20. The van der Waals surface area contributed by atoms with E-state index in [1.807, 2.05) is 18.2 Å². The van der Waals surface area contributed by atoms with E-state index in [0.717, 1.165) is 11.3 Å². The average molecular weight is 277 g/mol. The summed E-state index contributed by atoms with van der Waals surface area (Å²) in [5.41, 5.74) is 6.23. The predicted octanol–water partition coefficient (Wildman–Crippen LogP) is 3.46. The predicted molar refractivity (Wildman–Crippen MR) is 77.0 cm³/mol. The lowest BCUT2D eigenvalue weighted by Gasteiger charge is -2.08. The van der Waals surface area contributed by atoms with Gasteiger partial charge in [0.05, 0.1) is 6.61 Å². The number of hydrogen-bond acceptors (Lipinski definition) is 3. The monoisotopic (exact) mass is 277 g/mol. The Morgan fingerprint density at radius 2 is 1.89 bits per heavy atom. The summed E-state index contributed by atoms with van der Waals surface area (Å²) < 4.78 is 18.8. The van der Waals surface area contributed by atoms with Crippen molar-refractivity contribution in [2.75, 3.05) is 12.4 Å². The molecule has 0 heterocycles. The van der Waals surface area contributed by atoms with Crippen molar-refractivity contribution >= 4 is 11.8 Å². The van der Waals surface area contributed by atoms with Crippen LogP contribution in [0.15, 0.2) is 53.4 Å². The smallest absolute Gasteiger partial charge is 0.127 e. The molecule has 4 heteroatoms. The summed E-state index contributed by atoms with van der Waals surface area (Å²) in [5.74, 6) is 1.04. The van der Waals surface area contributed by atoms with Gasteiger partial charge in [-0.1, -0.05) is 18.2 Å². The van der Waals surface area contributed by atoms with Gasteiger partial charge in [0, 0.05) is 23.3 Å². The van der Waals surface area contributed by atoms with E-state index in [9.17, 15) is 4.39 Å². The van der Waals surface area contributed by atoms with Gasteiger partial charge in [0.25, 0.3) is 0 Å². The second kappa shape index (κ2) is 7.16. The largest absolute Gasteiger partial charge is 0.493 e. The van der Waals surface area contributed by atoms with E-state index >= 15 is 0 Å². The van der Waals surface area contributed by atoms with Gasteiger partial charge in [0.15, 0.2) is 0 Å². The second-order valence-electron chi connectivity index (χ2n) is 4.01. The van der Waals surface area contributed by atoms with E-state index in [1.165, 1.54) is 17.0 Å². The summed E-state index contributed by atoms with van der Waals surface area (Å²) in [6.07, 6.45) is 0. The molecule has 0 aliphatic rings. The average Bonchev–Trinajstić information content (AvgIpc) is 2.44. The van der Waals surface area contributed by atoms with Crippen molar-refractivity contribution < 1.29 is 9.13 Å². The van der Waals surface area contributed by atoms with Crippen LogP contribution in [0.1, 0.15) is 5.56 Å². The van der Waals surface area contributed by atoms with Gasteiger partial charge in [0.1, 0.15) is 11.6 Å². The molecule has 2 aromatic rings. The SMILES string of the molecule is NCc1cc(F)cc(OCCSc2ccccc2)c1. The van der Waals surface area contributed by atoms with Gasteiger partial charge in [-0.3, -0.25) is 0 Å². The highest BCUT2D eigenvalue weighted by molar-refractivity contribution is 7.99. The van der Waals surface area contributed by atoms with Crippen LogP contribution in [-0.4, -0.2) is 12.4 Å². The maximum Gasteiger partial charge on any atom is 0.127 e. The Bertz CT molecular complexity index is 519. The number of halogens is 1. The summed E-state index contributed by atoms with van der Waals surface area (Å²) >= 11 is 1.71. The van der Waals surface area contributed by atoms with Crippen LogP contribution in [-0.2, 0) is 6.54 Å². The normalized spacial score (nSPS) is 10.4. The first-order valence-corrected chi connectivity index (χ1v) is 7.06. The van der Waals surface area contributed by atoms with Gasteiger partial charge < -0.3 is 10.5 Å². The Morgan fingerprint density at radius 1 is 1.11 bits per heavy atom. The Hall–Kier alpha value is -1.52. The van der Waals surface area contributed by atoms with Crippen molar-refractivity contribution in [3.63, 3.8) is 0 Å². The first kappa shape index (κ1) is 13.9. The van der Waals surface area contributed by atoms with E-state index in [2.05, 4.69) is 12.1 Å². The lowest BCUT2D eigenvalue weighted by molar-refractivity contribution is 0.341. The first-order valence-electron chi connectivity index (χ1n) is 6.08. The number of thioether (sulfide) groups is 1. The Morgan fingerprint density at radius 3 is 2.63 bits per heavy atom. The second-order valence-corrected chi connectivity index (χ2v) is 5.18. The van der Waals surface area contributed by atoms with Crippen molar-refractivity contribution in [1.82, 2.24) is 0 Å². The van der Waals surface area contributed by atoms with Crippen molar-refractivity contribution in [1.29, 1.82) is 0 Å². The fourth-order valence-electron chi connectivity index (χ4n) is 1.66. The highest BCUT2D eigenvalue weighted by atomic mass is 32.2. The highest BCUT2D eigenvalue weighted by Gasteiger charge is 2.01. The van der Waals surface area contributed by atoms with Gasteiger partial charge in [-0.05, 0) is 29.8 Å². The zero-order chi connectivity index (χ0) is 13.5. The van der Waals surface area contributed by atoms with Crippen molar-refractivity contribution in [3.05, 3.63) is 59.9 Å². The van der Waals surface area contributed by atoms with E-state index in [4.69, 9.17) is 10.5 Å². The van der Waals surface area contributed by atoms with Gasteiger partial charge in [-0.15, -0.1) is 11.8 Å². The summed E-state index contributed by atoms with van der Waals surface area (Å²) in [6.45, 7) is 0.847. The summed E-state index contributed by atoms with van der Waals surface area (Å²) in [6, 6.07) is 14.7. The number of nitrogens with two attached hydrogens (primary N) is 1. The van der Waals surface area contributed by atoms with Crippen LogP contribution in [0.4, 0.5) is 4.39 Å². The zero-order valence-electron chi connectivity index (χ0n) is 10.5. The standard InChI is InChI=1S/C15H16FNOS/c16-13-8-12(11-17)9-14(10-13)18-6-7-19-15-4-2-1-3-5-15/h1-5,8-10H,6-7,11,17H2. The lowest BCUT2D eigenvalue weighted by atomic mass is 10.2. The molecule has 2 aromatic carbocycles. The molecule has 0 atom stereocenters. The molecule has 19 heavy (non-hydrogen) atoms. The third-order valence-corrected chi connectivity index (χ3v) is 3.51. The minimum Gasteiger partial charge on any atom is -0.493 e. The van der Waals surface area contributed by atoms with Crippen molar-refractivity contribution in [2.45, 2.75) is 11.4 Å². The molecule has 0 radical (unpaired) electrons. The topological polar surface area (TPSA) is 35.2 Å². The van der Waals surface area contributed by atoms with Crippen LogP contribution in [0, 0.1) is 5.82 Å². The number of ether oxygens (including phenoxy) is 1. The molecule has 100 valence electrons. The Kier molecular flexibility index (Phi) is 5.24. The highest BCUT2D eigenvalue weighted by Crippen LogP contribution is 2.19. The van der Waals surface area contributed by atoms with Gasteiger partial charge in [-0.2, -0.15) is 0 Å². The molecule has 0 spiro atoms. The lowest BCUT2D eigenvalue weighted by Crippen LogP contribution is -2.02. The maximum absolute atomic E-state index is 13.2. The molecule has 0 aliphatic heterocycles. The van der Waals surface area contributed by atoms with Crippen molar-refractivity contribution in [3.8, 4) is 5.75 Å². The summed E-state index contributed by atoms with van der Waals surface area (Å²) in [5, 5.41) is 0. The molecule has 0 saturated heterocycles. The van der Waals surface area contributed by atoms with Gasteiger partial charge >= 0.3 is 0 Å². The Balaban J connectivity index is 1.81. The minimum atomic E-state index is -0.311. The molecular weight excluding hydrogens is 261 g/mol. The molecule has 0 fully saturated rings. The van der Waals surface area contributed by atoms with Crippen molar-refractivity contribution in [2.24, 2.45) is 5.73 Å². The molecule has 2 rings (SSSR count). The molecule has 0 bridgehead atoms. The van der Waals surface area contributed by atoms with Gasteiger partial charge in [0.2, 0.25) is 0 Å². The quantitative estimate of drug-likeness (QED) is 0.649. The van der Waals surface area contributed by atoms with E-state index < -0.39 is 0 Å². The van der Waals surface area contributed by atoms with Crippen LogP contribution in [0.3, 0.4) is 0 Å². The molecule has 2 nitrogen and oxygen atoms in total. The molecule has 2 N–H and O–H groups in total. The molecule has 0 aliphatic carbocycles. The van der Waals surface area contributed by atoms with Crippen LogP contribution in [0.25, 0.3) is 0 Å². The number of benzene rings is 2. The Labute approximate surface area is 116 Å². The van der Waals surface area contributed by atoms with E-state index in [1.54, 1.807) is 17.8 Å². The fourth-order valence-corrected chi connectivity index (χ4v) is 2.41. The van der Waals surface area contributed by atoms with E-state index in [-0.39, 0.29) is 5.82 Å². The van der Waals surface area contributed by atoms with Crippen LogP contribution in [0.2, 0.25) is 0 Å². The number of rotatable bonds is 6. The molecular formula is C15H16FNOS. The van der Waals surface area contributed by atoms with Gasteiger partial charge in [-0.25, -0.2) is 4.39 Å². The van der Waals surface area contributed by atoms with Crippen LogP contribution >= 0.6 is 11.8 Å². The zero-order valence-corrected chi connectivity index (χ0v) is 11.3. The fraction of sp³-hybridized carbons (Fsp3) is 0.200. The molecule has 0 unspecified atom stereocenters. The van der Waals surface area contributed by atoms with Crippen LogP contribution in [0.5, 0.6) is 5.75 Å². The third-order valence-electron chi connectivity index (χ3n) is 2.53. The summed E-state index contributed by atoms with van der Waals surface area (Å²) in [7, 11) is 0. The third kappa shape index (κ3) is 4.58. The molecule has 0 amide bonds. The number of hydrogen-bond donors (Lipinski definition) is 1. The molecule has 0 saturated carbocycles. The first-order chi connectivity index (χ1) is 9.28. The van der Waals surface area contributed by atoms with E-state index in [0.29, 0.717) is 18.9 Å². The minimum absolute atomic E-state index is 0.311. The maximum atomic E-state index is 13.2. The van der Waals surface area contributed by atoms with Crippen LogP contribution < -0.4 is 10.5 Å². The molecule has 0 aromatic heterocycles.